The van der Waals surface area contributed by atoms with Crippen LogP contribution in [0.2, 0.25) is 0 Å². The van der Waals surface area contributed by atoms with E-state index in [1.807, 2.05) is 11.3 Å². The van der Waals surface area contributed by atoms with Crippen molar-refractivity contribution in [2.24, 2.45) is 17.3 Å². The van der Waals surface area contributed by atoms with Gasteiger partial charge in [0.15, 0.2) is 0 Å². The van der Waals surface area contributed by atoms with Crippen LogP contribution in [-0.2, 0) is 6.54 Å². The third-order valence-corrected chi connectivity index (χ3v) is 5.41. The van der Waals surface area contributed by atoms with Crippen LogP contribution < -0.4 is 5.32 Å². The van der Waals surface area contributed by atoms with Gasteiger partial charge in [0, 0.05) is 18.0 Å². The Bertz CT molecular complexity index is 434. The Balaban J connectivity index is 1.61. The van der Waals surface area contributed by atoms with E-state index in [0.717, 1.165) is 31.3 Å². The maximum Gasteiger partial charge on any atom is 0.0299 e. The summed E-state index contributed by atoms with van der Waals surface area (Å²) >= 11 is 1.84. The van der Waals surface area contributed by atoms with Gasteiger partial charge in [-0.1, -0.05) is 24.3 Å². The summed E-state index contributed by atoms with van der Waals surface area (Å²) in [6.07, 6.45) is 10.8. The van der Waals surface area contributed by atoms with Crippen molar-refractivity contribution in [2.75, 3.05) is 6.54 Å². The van der Waals surface area contributed by atoms with Gasteiger partial charge in [-0.05, 0) is 48.0 Å². The third-order valence-electron chi connectivity index (χ3n) is 4.53. The molecule has 1 aromatic heterocycles. The topological polar surface area (TPSA) is 12.0 Å². The van der Waals surface area contributed by atoms with Gasteiger partial charge in [-0.3, -0.25) is 0 Å². The highest BCUT2D eigenvalue weighted by atomic mass is 32.1. The van der Waals surface area contributed by atoms with Crippen LogP contribution in [0.15, 0.2) is 42.3 Å². The summed E-state index contributed by atoms with van der Waals surface area (Å²) in [7, 11) is 0. The van der Waals surface area contributed by atoms with Gasteiger partial charge >= 0.3 is 0 Å². The monoisotopic (exact) mass is 259 g/mol. The van der Waals surface area contributed by atoms with E-state index >= 15 is 0 Å². The Morgan fingerprint density at radius 2 is 2.44 bits per heavy atom. The molecule has 0 saturated heterocycles. The van der Waals surface area contributed by atoms with Crippen LogP contribution in [0.5, 0.6) is 0 Å². The first-order valence-corrected chi connectivity index (χ1v) is 7.73. The summed E-state index contributed by atoms with van der Waals surface area (Å²) in [5.41, 5.74) is 0.443. The third kappa shape index (κ3) is 2.19. The molecule has 1 N–H and O–H groups in total. The number of hydrogen-bond donors (Lipinski definition) is 1. The maximum absolute atomic E-state index is 3.96. The van der Waals surface area contributed by atoms with Crippen LogP contribution in [-0.4, -0.2) is 6.54 Å². The van der Waals surface area contributed by atoms with Crippen LogP contribution >= 0.6 is 11.3 Å². The fraction of sp³-hybridized carbons (Fsp3) is 0.500. The zero-order chi connectivity index (χ0) is 12.4. The quantitative estimate of drug-likeness (QED) is 0.762. The molecule has 0 amide bonds. The van der Waals surface area contributed by atoms with Gasteiger partial charge < -0.3 is 5.32 Å². The van der Waals surface area contributed by atoms with E-state index in [4.69, 9.17) is 0 Å². The van der Waals surface area contributed by atoms with Gasteiger partial charge in [-0.2, -0.15) is 0 Å². The number of allylic oxidation sites excluding steroid dienone is 3. The number of rotatable bonds is 6. The first-order chi connectivity index (χ1) is 8.82. The van der Waals surface area contributed by atoms with Crippen molar-refractivity contribution in [1.29, 1.82) is 0 Å². The zero-order valence-corrected chi connectivity index (χ0v) is 11.6. The second-order valence-electron chi connectivity index (χ2n) is 5.73. The molecule has 1 unspecified atom stereocenters. The smallest absolute Gasteiger partial charge is 0.0299 e. The van der Waals surface area contributed by atoms with Crippen LogP contribution in [0.4, 0.5) is 0 Å². The van der Waals surface area contributed by atoms with E-state index in [1.54, 1.807) is 0 Å². The van der Waals surface area contributed by atoms with E-state index in [-0.39, 0.29) is 0 Å². The minimum absolute atomic E-state index is 0.443. The molecule has 18 heavy (non-hydrogen) atoms. The molecule has 1 aromatic rings. The molecule has 2 heteroatoms. The molecular weight excluding hydrogens is 238 g/mol. The van der Waals surface area contributed by atoms with Crippen molar-refractivity contribution in [3.8, 4) is 0 Å². The predicted octanol–water partition coefficient (Wildman–Crippen LogP) is 4.00. The standard InChI is InChI=1S/C16H21NS/c1-2-7-16(10-13-5-6-14(16)9-13)12-17-11-15-4-3-8-18-15/h2-6,8,13-14,17H,1,7,9-12H2/t13-,14+,16?/m0/s1. The van der Waals surface area contributed by atoms with Gasteiger partial charge in [0.05, 0.1) is 0 Å². The van der Waals surface area contributed by atoms with E-state index < -0.39 is 0 Å². The van der Waals surface area contributed by atoms with Crippen molar-refractivity contribution in [1.82, 2.24) is 5.32 Å². The average molecular weight is 259 g/mol. The van der Waals surface area contributed by atoms with Crippen molar-refractivity contribution in [3.05, 3.63) is 47.2 Å². The molecule has 0 radical (unpaired) electrons. The zero-order valence-electron chi connectivity index (χ0n) is 10.8. The van der Waals surface area contributed by atoms with Crippen LogP contribution in [0.25, 0.3) is 0 Å². The van der Waals surface area contributed by atoms with E-state index in [0.29, 0.717) is 5.41 Å². The molecule has 0 aliphatic heterocycles. The van der Waals surface area contributed by atoms with E-state index in [9.17, 15) is 0 Å². The second-order valence-corrected chi connectivity index (χ2v) is 6.76. The first kappa shape index (κ1) is 12.2. The molecule has 2 aliphatic carbocycles. The average Bonchev–Trinajstić information content (AvgIpc) is 3.05. The van der Waals surface area contributed by atoms with Crippen molar-refractivity contribution >= 4 is 11.3 Å². The lowest BCUT2D eigenvalue weighted by Crippen LogP contribution is -2.37. The van der Waals surface area contributed by atoms with E-state index in [1.165, 1.54) is 17.7 Å². The lowest BCUT2D eigenvalue weighted by atomic mass is 9.73. The molecule has 1 heterocycles. The second kappa shape index (κ2) is 5.02. The Hall–Kier alpha value is -0.860. The van der Waals surface area contributed by atoms with Gasteiger partial charge in [0.1, 0.15) is 0 Å². The summed E-state index contributed by atoms with van der Waals surface area (Å²) in [5.74, 6) is 1.61. The van der Waals surface area contributed by atoms with Crippen LogP contribution in [0.3, 0.4) is 0 Å². The Morgan fingerprint density at radius 1 is 1.50 bits per heavy atom. The maximum atomic E-state index is 3.96. The van der Waals surface area contributed by atoms with Crippen molar-refractivity contribution in [2.45, 2.75) is 25.8 Å². The van der Waals surface area contributed by atoms with Gasteiger partial charge in [0.2, 0.25) is 0 Å². The molecule has 1 saturated carbocycles. The lowest BCUT2D eigenvalue weighted by Gasteiger charge is -2.35. The first-order valence-electron chi connectivity index (χ1n) is 6.85. The molecule has 1 fully saturated rings. The molecule has 96 valence electrons. The Morgan fingerprint density at radius 3 is 3.06 bits per heavy atom. The number of fused-ring (bicyclic) bond motifs is 2. The van der Waals surface area contributed by atoms with Gasteiger partial charge in [-0.15, -0.1) is 17.9 Å². The van der Waals surface area contributed by atoms with Crippen molar-refractivity contribution < 1.29 is 0 Å². The molecule has 2 bridgehead atoms. The molecule has 0 aromatic carbocycles. The SMILES string of the molecule is C=CCC1(CNCc2cccs2)C[C@H]2C=C[C@@H]1C2. The number of thiophene rings is 1. The molecule has 2 aliphatic rings. The fourth-order valence-electron chi connectivity index (χ4n) is 3.70. The number of nitrogens with one attached hydrogen (secondary N) is 1. The highest BCUT2D eigenvalue weighted by Crippen LogP contribution is 2.53. The number of hydrogen-bond acceptors (Lipinski definition) is 2. The summed E-state index contributed by atoms with van der Waals surface area (Å²) in [6.45, 7) is 6.10. The highest BCUT2D eigenvalue weighted by molar-refractivity contribution is 7.09. The minimum Gasteiger partial charge on any atom is -0.311 e. The largest absolute Gasteiger partial charge is 0.311 e. The molecule has 0 spiro atoms. The molecular formula is C16H21NS. The van der Waals surface area contributed by atoms with Crippen molar-refractivity contribution in [3.63, 3.8) is 0 Å². The molecule has 3 rings (SSSR count). The minimum atomic E-state index is 0.443. The Labute approximate surface area is 114 Å². The lowest BCUT2D eigenvalue weighted by molar-refractivity contribution is 0.221. The van der Waals surface area contributed by atoms with Crippen LogP contribution in [0.1, 0.15) is 24.1 Å². The van der Waals surface area contributed by atoms with Crippen LogP contribution in [0, 0.1) is 17.3 Å². The van der Waals surface area contributed by atoms with E-state index in [2.05, 4.69) is 47.6 Å². The summed E-state index contributed by atoms with van der Waals surface area (Å²) in [5, 5.41) is 5.82. The predicted molar refractivity (Wildman–Crippen MR) is 78.6 cm³/mol. The van der Waals surface area contributed by atoms with Gasteiger partial charge in [0.25, 0.3) is 0 Å². The summed E-state index contributed by atoms with van der Waals surface area (Å²) in [4.78, 5) is 1.43. The molecule has 1 nitrogen and oxygen atoms in total. The normalized spacial score (nSPS) is 33.1. The summed E-state index contributed by atoms with van der Waals surface area (Å²) in [6, 6.07) is 4.33. The Kier molecular flexibility index (Phi) is 3.40. The fourth-order valence-corrected chi connectivity index (χ4v) is 4.37. The molecule has 3 atom stereocenters. The highest BCUT2D eigenvalue weighted by Gasteiger charge is 2.46. The van der Waals surface area contributed by atoms with Gasteiger partial charge in [-0.25, -0.2) is 0 Å². The summed E-state index contributed by atoms with van der Waals surface area (Å²) < 4.78 is 0.